The van der Waals surface area contributed by atoms with E-state index >= 15 is 0 Å². The fraction of sp³-hybridized carbons (Fsp3) is 0.400. The van der Waals surface area contributed by atoms with Gasteiger partial charge < -0.3 is 14.7 Å². The molecule has 5 rings (SSSR count). The van der Waals surface area contributed by atoms with E-state index in [1.807, 2.05) is 46.0 Å². The SMILES string of the molecule is O=C(c1cccn1-c1nnc(N2CCCC2)s1)N1CCN(c2ccccn2)CC1. The summed E-state index contributed by atoms with van der Waals surface area (Å²) in [5, 5.41) is 10.4. The lowest BCUT2D eigenvalue weighted by Gasteiger charge is -2.35. The van der Waals surface area contributed by atoms with Crippen molar-refractivity contribution in [1.82, 2.24) is 24.6 Å². The van der Waals surface area contributed by atoms with Crippen LogP contribution in [0.1, 0.15) is 23.3 Å². The van der Waals surface area contributed by atoms with E-state index in [0.717, 1.165) is 42.3 Å². The van der Waals surface area contributed by atoms with Crippen LogP contribution in [0, 0.1) is 0 Å². The first-order chi connectivity index (χ1) is 14.3. The third-order valence-electron chi connectivity index (χ3n) is 5.49. The number of amides is 1. The molecule has 0 saturated carbocycles. The molecule has 2 aliphatic heterocycles. The highest BCUT2D eigenvalue weighted by molar-refractivity contribution is 7.17. The normalized spacial score (nSPS) is 17.2. The number of pyridine rings is 1. The molecule has 0 N–H and O–H groups in total. The van der Waals surface area contributed by atoms with E-state index in [4.69, 9.17) is 0 Å². The maximum atomic E-state index is 13.2. The van der Waals surface area contributed by atoms with E-state index in [-0.39, 0.29) is 5.91 Å². The van der Waals surface area contributed by atoms with Crippen LogP contribution in [0.15, 0.2) is 42.7 Å². The van der Waals surface area contributed by atoms with E-state index in [2.05, 4.69) is 25.0 Å². The predicted octanol–water partition coefficient (Wildman–Crippen LogP) is 2.29. The lowest BCUT2D eigenvalue weighted by atomic mass is 10.2. The number of nitrogens with zero attached hydrogens (tertiary/aromatic N) is 7. The molecule has 0 spiro atoms. The molecule has 5 heterocycles. The van der Waals surface area contributed by atoms with Gasteiger partial charge >= 0.3 is 0 Å². The van der Waals surface area contributed by atoms with Crippen molar-refractivity contribution < 1.29 is 4.79 Å². The Labute approximate surface area is 173 Å². The topological polar surface area (TPSA) is 70.4 Å². The van der Waals surface area contributed by atoms with Gasteiger partial charge in [-0.3, -0.25) is 9.36 Å². The molecular weight excluding hydrogens is 386 g/mol. The van der Waals surface area contributed by atoms with Crippen molar-refractivity contribution in [3.8, 4) is 5.13 Å². The third kappa shape index (κ3) is 3.57. The summed E-state index contributed by atoms with van der Waals surface area (Å²) in [6.45, 7) is 4.98. The van der Waals surface area contributed by atoms with Crippen molar-refractivity contribution in [2.45, 2.75) is 12.8 Å². The zero-order chi connectivity index (χ0) is 19.6. The fourth-order valence-electron chi connectivity index (χ4n) is 3.91. The highest BCUT2D eigenvalue weighted by Crippen LogP contribution is 2.27. The Morgan fingerprint density at radius 3 is 2.41 bits per heavy atom. The molecule has 2 saturated heterocycles. The second-order valence-corrected chi connectivity index (χ2v) is 8.23. The lowest BCUT2D eigenvalue weighted by Crippen LogP contribution is -2.49. The molecule has 0 bridgehead atoms. The minimum Gasteiger partial charge on any atom is -0.353 e. The van der Waals surface area contributed by atoms with E-state index in [0.29, 0.717) is 18.8 Å². The van der Waals surface area contributed by atoms with Crippen molar-refractivity contribution in [1.29, 1.82) is 0 Å². The van der Waals surface area contributed by atoms with Crippen molar-refractivity contribution in [3.05, 3.63) is 48.4 Å². The molecule has 3 aromatic heterocycles. The highest BCUT2D eigenvalue weighted by atomic mass is 32.1. The van der Waals surface area contributed by atoms with Crippen LogP contribution in [-0.2, 0) is 0 Å². The smallest absolute Gasteiger partial charge is 0.271 e. The molecule has 0 atom stereocenters. The molecule has 9 heteroatoms. The lowest BCUT2D eigenvalue weighted by molar-refractivity contribution is 0.0738. The second kappa shape index (κ2) is 7.82. The maximum Gasteiger partial charge on any atom is 0.271 e. The van der Waals surface area contributed by atoms with Crippen LogP contribution in [0.2, 0.25) is 0 Å². The van der Waals surface area contributed by atoms with Gasteiger partial charge in [-0.1, -0.05) is 17.4 Å². The Balaban J connectivity index is 1.29. The number of rotatable bonds is 4. The molecular formula is C20H23N7OS. The molecule has 150 valence electrons. The molecule has 0 aromatic carbocycles. The average molecular weight is 410 g/mol. The van der Waals surface area contributed by atoms with Crippen LogP contribution in [0.3, 0.4) is 0 Å². The minimum atomic E-state index is 0.0357. The fourth-order valence-corrected chi connectivity index (χ4v) is 4.80. The largest absolute Gasteiger partial charge is 0.353 e. The van der Waals surface area contributed by atoms with E-state index in [9.17, 15) is 4.79 Å². The first kappa shape index (κ1) is 18.1. The van der Waals surface area contributed by atoms with Crippen LogP contribution >= 0.6 is 11.3 Å². The van der Waals surface area contributed by atoms with Gasteiger partial charge in [-0.15, -0.1) is 10.2 Å². The van der Waals surface area contributed by atoms with Gasteiger partial charge in [0.15, 0.2) is 0 Å². The molecule has 0 radical (unpaired) electrons. The summed E-state index contributed by atoms with van der Waals surface area (Å²) >= 11 is 1.54. The predicted molar refractivity (Wildman–Crippen MR) is 113 cm³/mol. The molecule has 1 amide bonds. The Hall–Kier alpha value is -2.94. The van der Waals surface area contributed by atoms with Crippen LogP contribution in [0.25, 0.3) is 5.13 Å². The number of carbonyl (C=O) groups is 1. The molecule has 8 nitrogen and oxygen atoms in total. The van der Waals surface area contributed by atoms with Gasteiger partial charge in [-0.25, -0.2) is 4.98 Å². The summed E-state index contributed by atoms with van der Waals surface area (Å²) in [5.74, 6) is 1.000. The third-order valence-corrected chi connectivity index (χ3v) is 6.48. The maximum absolute atomic E-state index is 13.2. The van der Waals surface area contributed by atoms with Crippen molar-refractivity contribution in [2.24, 2.45) is 0 Å². The average Bonchev–Trinajstić information content (AvgIpc) is 3.54. The summed E-state index contributed by atoms with van der Waals surface area (Å²) in [6, 6.07) is 9.68. The molecule has 2 aliphatic rings. The van der Waals surface area contributed by atoms with Crippen molar-refractivity contribution >= 4 is 28.2 Å². The van der Waals surface area contributed by atoms with Gasteiger partial charge in [0.05, 0.1) is 0 Å². The van der Waals surface area contributed by atoms with Gasteiger partial charge in [0.25, 0.3) is 5.91 Å². The molecule has 2 fully saturated rings. The second-order valence-electron chi connectivity index (χ2n) is 7.29. The van der Waals surface area contributed by atoms with Crippen LogP contribution in [0.5, 0.6) is 0 Å². The number of hydrogen-bond acceptors (Lipinski definition) is 7. The number of piperazine rings is 1. The van der Waals surface area contributed by atoms with Gasteiger partial charge in [0.1, 0.15) is 11.5 Å². The number of aromatic nitrogens is 4. The van der Waals surface area contributed by atoms with Crippen LogP contribution in [-0.4, -0.2) is 69.8 Å². The zero-order valence-corrected chi connectivity index (χ0v) is 17.0. The summed E-state index contributed by atoms with van der Waals surface area (Å²) in [7, 11) is 0. The van der Waals surface area contributed by atoms with Crippen molar-refractivity contribution in [3.63, 3.8) is 0 Å². The first-order valence-electron chi connectivity index (χ1n) is 10.0. The summed E-state index contributed by atoms with van der Waals surface area (Å²) in [5.41, 5.74) is 0.639. The minimum absolute atomic E-state index is 0.0357. The van der Waals surface area contributed by atoms with Gasteiger partial charge in [0.2, 0.25) is 10.3 Å². The summed E-state index contributed by atoms with van der Waals surface area (Å²) < 4.78 is 1.87. The summed E-state index contributed by atoms with van der Waals surface area (Å²) in [6.07, 6.45) is 6.10. The Kier molecular flexibility index (Phi) is 4.89. The highest BCUT2D eigenvalue weighted by Gasteiger charge is 2.26. The van der Waals surface area contributed by atoms with Gasteiger partial charge in [-0.2, -0.15) is 0 Å². The Morgan fingerprint density at radius 2 is 1.66 bits per heavy atom. The van der Waals surface area contributed by atoms with Crippen LogP contribution in [0.4, 0.5) is 10.9 Å². The van der Waals surface area contributed by atoms with Gasteiger partial charge in [0, 0.05) is 51.7 Å². The molecule has 29 heavy (non-hydrogen) atoms. The molecule has 3 aromatic rings. The summed E-state index contributed by atoms with van der Waals surface area (Å²) in [4.78, 5) is 24.0. The monoisotopic (exact) mass is 409 g/mol. The van der Waals surface area contributed by atoms with E-state index in [1.54, 1.807) is 17.5 Å². The standard InChI is InChI=1S/C20H23N7OS/c28-18(25-14-12-24(13-15-25)17-7-1-2-8-21-17)16-6-5-11-27(16)20-23-22-19(29-20)26-9-3-4-10-26/h1-2,5-8,11H,3-4,9-10,12-15H2. The molecule has 0 aliphatic carbocycles. The van der Waals surface area contributed by atoms with E-state index in [1.165, 1.54) is 12.8 Å². The van der Waals surface area contributed by atoms with Gasteiger partial charge in [-0.05, 0) is 37.1 Å². The quantitative estimate of drug-likeness (QED) is 0.659. The Bertz CT molecular complexity index is 972. The first-order valence-corrected chi connectivity index (χ1v) is 10.8. The van der Waals surface area contributed by atoms with Crippen molar-refractivity contribution in [2.75, 3.05) is 49.1 Å². The number of anilines is 2. The number of hydrogen-bond donors (Lipinski definition) is 0. The van der Waals surface area contributed by atoms with Crippen LogP contribution < -0.4 is 9.80 Å². The number of carbonyl (C=O) groups excluding carboxylic acids is 1. The zero-order valence-electron chi connectivity index (χ0n) is 16.1. The Morgan fingerprint density at radius 1 is 0.862 bits per heavy atom. The molecule has 0 unspecified atom stereocenters. The van der Waals surface area contributed by atoms with E-state index < -0.39 is 0 Å².